The highest BCUT2D eigenvalue weighted by atomic mass is 79.9. The molecule has 0 unspecified atom stereocenters. The summed E-state index contributed by atoms with van der Waals surface area (Å²) in [7, 11) is 6.11. The fraction of sp³-hybridized carbons (Fsp3) is 0.148. The summed E-state index contributed by atoms with van der Waals surface area (Å²) in [6.45, 7) is 0. The topological polar surface area (TPSA) is 67.1 Å². The van der Waals surface area contributed by atoms with E-state index < -0.39 is 0 Å². The van der Waals surface area contributed by atoms with Crippen LogP contribution in [0.25, 0.3) is 23.1 Å². The third-order valence-corrected chi connectivity index (χ3v) is 6.28. The molecule has 0 bridgehead atoms. The minimum absolute atomic E-state index is 0.188. The summed E-state index contributed by atoms with van der Waals surface area (Å²) in [5.74, 6) is 1.70. The smallest absolute Gasteiger partial charge is 0.228 e. The molecule has 0 spiro atoms. The van der Waals surface area contributed by atoms with Gasteiger partial charge in [-0.15, -0.1) is 0 Å². The van der Waals surface area contributed by atoms with Crippen LogP contribution < -0.4 is 18.9 Å². The molecule has 180 valence electrons. The minimum atomic E-state index is -0.310. The lowest BCUT2D eigenvalue weighted by molar-refractivity contribution is 0.101. The summed E-state index contributed by atoms with van der Waals surface area (Å²) in [5, 5.41) is 0.775. The number of benzene rings is 3. The van der Waals surface area contributed by atoms with E-state index in [1.54, 1.807) is 31.4 Å². The van der Waals surface area contributed by atoms with Gasteiger partial charge in [0, 0.05) is 31.5 Å². The highest BCUT2D eigenvalue weighted by molar-refractivity contribution is 9.11. The molecular weight excluding hydrogens is 580 g/mol. The number of rotatable bonds is 8. The van der Waals surface area contributed by atoms with Gasteiger partial charge in [0.05, 0.1) is 28.4 Å². The first-order valence-electron chi connectivity index (χ1n) is 10.5. The molecule has 0 N–H and O–H groups in total. The van der Waals surface area contributed by atoms with Crippen LogP contribution in [0.15, 0.2) is 61.9 Å². The molecule has 0 aliphatic carbocycles. The molecule has 35 heavy (non-hydrogen) atoms. The Bertz CT molecular complexity index is 1390. The lowest BCUT2D eigenvalue weighted by Crippen LogP contribution is -2.03. The number of methoxy groups -OCH3 is 4. The Morgan fingerprint density at radius 3 is 1.94 bits per heavy atom. The molecule has 3 aromatic carbocycles. The van der Waals surface area contributed by atoms with Gasteiger partial charge in [-0.1, -0.05) is 44.0 Å². The Balaban J connectivity index is 1.72. The van der Waals surface area contributed by atoms with Crippen LogP contribution in [0.4, 0.5) is 0 Å². The van der Waals surface area contributed by atoms with Crippen LogP contribution in [0, 0.1) is 0 Å². The van der Waals surface area contributed by atoms with Crippen molar-refractivity contribution in [3.63, 3.8) is 0 Å². The molecule has 1 heterocycles. The molecule has 4 aromatic rings. The largest absolute Gasteiger partial charge is 0.496 e. The van der Waals surface area contributed by atoms with E-state index in [0.29, 0.717) is 34.1 Å². The maximum atomic E-state index is 13.3. The predicted molar refractivity (Wildman–Crippen MR) is 143 cm³/mol. The maximum Gasteiger partial charge on any atom is 0.228 e. The van der Waals surface area contributed by atoms with Crippen molar-refractivity contribution in [3.05, 3.63) is 79.9 Å². The predicted octanol–water partition coefficient (Wildman–Crippen LogP) is 7.39. The molecule has 4 rings (SSSR count). The van der Waals surface area contributed by atoms with Crippen molar-refractivity contribution < 1.29 is 28.2 Å². The lowest BCUT2D eigenvalue weighted by atomic mass is 10.1. The van der Waals surface area contributed by atoms with Gasteiger partial charge in [-0.2, -0.15) is 0 Å². The van der Waals surface area contributed by atoms with Crippen LogP contribution in [0.3, 0.4) is 0 Å². The summed E-state index contributed by atoms with van der Waals surface area (Å²) >= 11 is 7.01. The zero-order valence-corrected chi connectivity index (χ0v) is 22.7. The molecule has 0 saturated carbocycles. The summed E-state index contributed by atoms with van der Waals surface area (Å²) in [6.07, 6.45) is 3.95. The van der Waals surface area contributed by atoms with E-state index in [1.165, 1.54) is 21.3 Å². The van der Waals surface area contributed by atoms with Crippen LogP contribution in [-0.2, 0) is 0 Å². The Morgan fingerprint density at radius 1 is 0.743 bits per heavy atom. The van der Waals surface area contributed by atoms with E-state index in [1.807, 2.05) is 36.4 Å². The molecule has 0 amide bonds. The van der Waals surface area contributed by atoms with Gasteiger partial charge in [0.15, 0.2) is 17.3 Å². The average molecular weight is 602 g/mol. The first-order chi connectivity index (χ1) is 16.9. The summed E-state index contributed by atoms with van der Waals surface area (Å²) < 4.78 is 29.5. The normalized spacial score (nSPS) is 11.1. The van der Waals surface area contributed by atoms with Crippen LogP contribution in [0.1, 0.15) is 27.2 Å². The number of halogens is 2. The SMILES string of the molecule is COc1cc2oc(C(=O)c3cc(OC)c(OC)c(OC)c3)cc2cc1/C=C/c1cc(Br)cc(Br)c1. The monoisotopic (exact) mass is 600 g/mol. The maximum absolute atomic E-state index is 13.3. The summed E-state index contributed by atoms with van der Waals surface area (Å²) in [6, 6.07) is 14.6. The van der Waals surface area contributed by atoms with Crippen molar-refractivity contribution in [1.29, 1.82) is 0 Å². The number of ketones is 1. The molecular formula is C27H22Br2O6. The van der Waals surface area contributed by atoms with Gasteiger partial charge < -0.3 is 23.4 Å². The third kappa shape index (κ3) is 5.23. The van der Waals surface area contributed by atoms with Gasteiger partial charge in [-0.05, 0) is 48.0 Å². The molecule has 8 heteroatoms. The van der Waals surface area contributed by atoms with Crippen LogP contribution >= 0.6 is 31.9 Å². The van der Waals surface area contributed by atoms with Gasteiger partial charge in [0.25, 0.3) is 0 Å². The fourth-order valence-corrected chi connectivity index (χ4v) is 5.05. The van der Waals surface area contributed by atoms with Crippen LogP contribution in [0.2, 0.25) is 0 Å². The number of carbonyl (C=O) groups is 1. The van der Waals surface area contributed by atoms with Crippen molar-refractivity contribution in [2.24, 2.45) is 0 Å². The summed E-state index contributed by atoms with van der Waals surface area (Å²) in [4.78, 5) is 13.3. The van der Waals surface area contributed by atoms with Gasteiger partial charge >= 0.3 is 0 Å². The number of furan rings is 1. The zero-order chi connectivity index (χ0) is 25.1. The Morgan fingerprint density at radius 2 is 1.37 bits per heavy atom. The molecule has 0 aliphatic heterocycles. The van der Waals surface area contributed by atoms with E-state index in [2.05, 4.69) is 31.9 Å². The molecule has 0 radical (unpaired) electrons. The second kappa shape index (κ2) is 10.6. The molecule has 0 aliphatic rings. The molecule has 0 saturated heterocycles. The second-order valence-electron chi connectivity index (χ2n) is 7.52. The molecule has 0 atom stereocenters. The first-order valence-corrected chi connectivity index (χ1v) is 12.1. The lowest BCUT2D eigenvalue weighted by Gasteiger charge is -2.13. The van der Waals surface area contributed by atoms with E-state index in [-0.39, 0.29) is 11.5 Å². The Kier molecular flexibility index (Phi) is 7.52. The van der Waals surface area contributed by atoms with Gasteiger partial charge in [-0.3, -0.25) is 4.79 Å². The fourth-order valence-electron chi connectivity index (χ4n) is 3.72. The molecule has 1 aromatic heterocycles. The number of carbonyl (C=O) groups excluding carboxylic acids is 1. The van der Waals surface area contributed by atoms with Crippen molar-refractivity contribution in [2.45, 2.75) is 0 Å². The van der Waals surface area contributed by atoms with Gasteiger partial charge in [-0.25, -0.2) is 0 Å². The van der Waals surface area contributed by atoms with Gasteiger partial charge in [0.2, 0.25) is 11.5 Å². The Hall–Kier alpha value is -3.23. The van der Waals surface area contributed by atoms with Crippen LogP contribution in [-0.4, -0.2) is 34.2 Å². The van der Waals surface area contributed by atoms with E-state index in [0.717, 1.165) is 25.5 Å². The van der Waals surface area contributed by atoms with Crippen molar-refractivity contribution in [1.82, 2.24) is 0 Å². The quantitative estimate of drug-likeness (QED) is 0.155. The number of ether oxygens (including phenoxy) is 4. The highest BCUT2D eigenvalue weighted by Gasteiger charge is 2.21. The number of hydrogen-bond acceptors (Lipinski definition) is 6. The second-order valence-corrected chi connectivity index (χ2v) is 9.35. The number of hydrogen-bond donors (Lipinski definition) is 0. The standard InChI is InChI=1S/C27H22Br2O6/c1-31-21-14-22-17(9-16(21)6-5-15-7-19(28)13-20(29)8-15)10-23(35-22)26(30)18-11-24(32-2)27(34-4)25(12-18)33-3/h5-14H,1-4H3/b6-5+. The zero-order valence-electron chi connectivity index (χ0n) is 19.5. The van der Waals surface area contributed by atoms with E-state index >= 15 is 0 Å². The van der Waals surface area contributed by atoms with E-state index in [4.69, 9.17) is 23.4 Å². The van der Waals surface area contributed by atoms with Gasteiger partial charge in [0.1, 0.15) is 11.3 Å². The molecule has 6 nitrogen and oxygen atoms in total. The summed E-state index contributed by atoms with van der Waals surface area (Å²) in [5.41, 5.74) is 2.76. The van der Waals surface area contributed by atoms with E-state index in [9.17, 15) is 4.79 Å². The average Bonchev–Trinajstić information content (AvgIpc) is 3.27. The first kappa shape index (κ1) is 24.9. The van der Waals surface area contributed by atoms with Crippen molar-refractivity contribution in [2.75, 3.05) is 28.4 Å². The third-order valence-electron chi connectivity index (χ3n) is 5.36. The van der Waals surface area contributed by atoms with Crippen molar-refractivity contribution >= 4 is 60.8 Å². The Labute approximate surface area is 219 Å². The minimum Gasteiger partial charge on any atom is -0.496 e. The number of fused-ring (bicyclic) bond motifs is 1. The molecule has 0 fully saturated rings. The van der Waals surface area contributed by atoms with Crippen molar-refractivity contribution in [3.8, 4) is 23.0 Å². The van der Waals surface area contributed by atoms with Crippen LogP contribution in [0.5, 0.6) is 23.0 Å². The highest BCUT2D eigenvalue weighted by Crippen LogP contribution is 2.39.